The van der Waals surface area contributed by atoms with Gasteiger partial charge >= 0.3 is 0 Å². The largest absolute Gasteiger partial charge is 0.271 e. The van der Waals surface area contributed by atoms with Gasteiger partial charge in [-0.2, -0.15) is 5.10 Å². The summed E-state index contributed by atoms with van der Waals surface area (Å²) >= 11 is 6.13. The van der Waals surface area contributed by atoms with Gasteiger partial charge in [-0.25, -0.2) is 0 Å². The van der Waals surface area contributed by atoms with Crippen molar-refractivity contribution in [2.75, 3.05) is 0 Å². The Morgan fingerprint density at radius 2 is 2.15 bits per heavy atom. The molecule has 0 unspecified atom stereocenters. The first-order valence-electron chi connectivity index (χ1n) is 4.76. The number of rotatable bonds is 2. The van der Waals surface area contributed by atoms with Crippen molar-refractivity contribution in [2.24, 2.45) is 13.0 Å². The molecule has 1 aliphatic rings. The predicted octanol–water partition coefficient (Wildman–Crippen LogP) is 2.76. The highest BCUT2D eigenvalue weighted by molar-refractivity contribution is 6.31. The number of hydrogen-bond acceptors (Lipinski definition) is 1. The fourth-order valence-corrected chi connectivity index (χ4v) is 2.55. The van der Waals surface area contributed by atoms with E-state index in [1.165, 1.54) is 18.5 Å². The second-order valence-corrected chi connectivity index (χ2v) is 4.68. The minimum Gasteiger partial charge on any atom is -0.271 e. The van der Waals surface area contributed by atoms with E-state index in [4.69, 9.17) is 11.6 Å². The third-order valence-electron chi connectivity index (χ3n) is 3.26. The number of nitrogens with zero attached hydrogens (tertiary/aromatic N) is 2. The van der Waals surface area contributed by atoms with Gasteiger partial charge in [0.2, 0.25) is 0 Å². The molecule has 0 amide bonds. The van der Waals surface area contributed by atoms with Crippen molar-refractivity contribution < 1.29 is 0 Å². The molecule has 0 radical (unpaired) electrons. The molecule has 3 heteroatoms. The van der Waals surface area contributed by atoms with Crippen LogP contribution in [0, 0.1) is 5.92 Å². The number of aryl methyl sites for hydroxylation is 1. The van der Waals surface area contributed by atoms with Crippen LogP contribution < -0.4 is 0 Å². The summed E-state index contributed by atoms with van der Waals surface area (Å²) in [6.07, 6.45) is 4.26. The van der Waals surface area contributed by atoms with E-state index in [1.54, 1.807) is 6.20 Å². The van der Waals surface area contributed by atoms with E-state index in [2.05, 4.69) is 18.9 Å². The fourth-order valence-electron chi connectivity index (χ4n) is 2.19. The lowest BCUT2D eigenvalue weighted by molar-refractivity contribution is 0.449. The van der Waals surface area contributed by atoms with Crippen molar-refractivity contribution in [3.8, 4) is 0 Å². The van der Waals surface area contributed by atoms with Crippen molar-refractivity contribution in [3.05, 3.63) is 16.9 Å². The van der Waals surface area contributed by atoms with Gasteiger partial charge in [-0.3, -0.25) is 4.68 Å². The highest BCUT2D eigenvalue weighted by atomic mass is 35.5. The van der Waals surface area contributed by atoms with Gasteiger partial charge in [-0.15, -0.1) is 0 Å². The first kappa shape index (κ1) is 9.07. The number of aromatic nitrogens is 2. The zero-order valence-electron chi connectivity index (χ0n) is 8.34. The Hall–Kier alpha value is -0.500. The van der Waals surface area contributed by atoms with Crippen LogP contribution in [-0.2, 0) is 12.5 Å². The topological polar surface area (TPSA) is 17.8 Å². The van der Waals surface area contributed by atoms with Crippen LogP contribution in [0.1, 0.15) is 32.4 Å². The van der Waals surface area contributed by atoms with E-state index in [-0.39, 0.29) is 0 Å². The first-order valence-corrected chi connectivity index (χ1v) is 5.14. The molecule has 13 heavy (non-hydrogen) atoms. The first-order chi connectivity index (χ1) is 6.08. The molecule has 0 saturated heterocycles. The molecule has 2 nitrogen and oxygen atoms in total. The SMILES string of the molecule is CC(C)C1(c2c(Cl)cnn2C)CC1. The van der Waals surface area contributed by atoms with Crippen LogP contribution >= 0.6 is 11.6 Å². The van der Waals surface area contributed by atoms with E-state index in [1.807, 2.05) is 11.7 Å². The number of hydrogen-bond donors (Lipinski definition) is 0. The standard InChI is InChI=1S/C10H15ClN2/c1-7(2)10(4-5-10)9-8(11)6-12-13(9)3/h6-7H,4-5H2,1-3H3. The quantitative estimate of drug-likeness (QED) is 0.715. The monoisotopic (exact) mass is 198 g/mol. The lowest BCUT2D eigenvalue weighted by atomic mass is 9.89. The summed E-state index contributed by atoms with van der Waals surface area (Å²) in [5.74, 6) is 0.653. The lowest BCUT2D eigenvalue weighted by Gasteiger charge is -2.20. The third-order valence-corrected chi connectivity index (χ3v) is 3.54. The molecule has 0 spiro atoms. The van der Waals surface area contributed by atoms with Crippen molar-refractivity contribution in [3.63, 3.8) is 0 Å². The van der Waals surface area contributed by atoms with Gasteiger partial charge in [0.1, 0.15) is 0 Å². The van der Waals surface area contributed by atoms with Gasteiger partial charge in [0.15, 0.2) is 0 Å². The van der Waals surface area contributed by atoms with Crippen molar-refractivity contribution in [1.82, 2.24) is 9.78 Å². The Balaban J connectivity index is 2.45. The second-order valence-electron chi connectivity index (χ2n) is 4.28. The molecule has 0 aromatic carbocycles. The smallest absolute Gasteiger partial charge is 0.0823 e. The van der Waals surface area contributed by atoms with Gasteiger partial charge < -0.3 is 0 Å². The summed E-state index contributed by atoms with van der Waals surface area (Å²) in [4.78, 5) is 0. The van der Waals surface area contributed by atoms with Crippen molar-refractivity contribution >= 4 is 11.6 Å². The van der Waals surface area contributed by atoms with Gasteiger partial charge in [-0.1, -0.05) is 25.4 Å². The Morgan fingerprint density at radius 1 is 1.54 bits per heavy atom. The molecule has 2 rings (SSSR count). The van der Waals surface area contributed by atoms with Crippen LogP contribution in [0.15, 0.2) is 6.20 Å². The van der Waals surface area contributed by atoms with Crippen LogP contribution in [0.3, 0.4) is 0 Å². The molecule has 1 aliphatic carbocycles. The van der Waals surface area contributed by atoms with E-state index < -0.39 is 0 Å². The molecule has 1 fully saturated rings. The summed E-state index contributed by atoms with van der Waals surface area (Å²) in [6, 6.07) is 0. The molecule has 0 N–H and O–H groups in total. The molecule has 1 aromatic rings. The summed E-state index contributed by atoms with van der Waals surface area (Å²) in [5, 5.41) is 5.02. The molecule has 0 atom stereocenters. The normalized spacial score (nSPS) is 19.5. The van der Waals surface area contributed by atoms with Crippen molar-refractivity contribution in [2.45, 2.75) is 32.1 Å². The molecule has 1 aromatic heterocycles. The second kappa shape index (κ2) is 2.74. The predicted molar refractivity (Wildman–Crippen MR) is 54.0 cm³/mol. The molecule has 0 aliphatic heterocycles. The van der Waals surface area contributed by atoms with Gasteiger partial charge in [0.05, 0.1) is 16.9 Å². The van der Waals surface area contributed by atoms with Crippen LogP contribution in [0.4, 0.5) is 0 Å². The summed E-state index contributed by atoms with van der Waals surface area (Å²) in [7, 11) is 1.98. The zero-order valence-corrected chi connectivity index (χ0v) is 9.10. The molecular weight excluding hydrogens is 184 g/mol. The Kier molecular flexibility index (Phi) is 1.91. The van der Waals surface area contributed by atoms with Crippen LogP contribution in [0.25, 0.3) is 0 Å². The maximum absolute atomic E-state index is 6.13. The average molecular weight is 199 g/mol. The molecule has 0 bridgehead atoms. The molecular formula is C10H15ClN2. The minimum atomic E-state index is 0.322. The van der Waals surface area contributed by atoms with E-state index in [0.717, 1.165) is 5.02 Å². The maximum Gasteiger partial charge on any atom is 0.0823 e. The van der Waals surface area contributed by atoms with E-state index in [0.29, 0.717) is 11.3 Å². The lowest BCUT2D eigenvalue weighted by Crippen LogP contribution is -2.19. The average Bonchev–Trinajstić information content (AvgIpc) is 2.77. The van der Waals surface area contributed by atoms with Gasteiger partial charge in [0, 0.05) is 12.5 Å². The number of halogens is 1. The van der Waals surface area contributed by atoms with Gasteiger partial charge in [-0.05, 0) is 18.8 Å². The molecule has 1 heterocycles. The molecule has 1 saturated carbocycles. The minimum absolute atomic E-state index is 0.322. The van der Waals surface area contributed by atoms with Crippen LogP contribution in [0.5, 0.6) is 0 Å². The summed E-state index contributed by atoms with van der Waals surface area (Å²) in [6.45, 7) is 4.52. The Morgan fingerprint density at radius 3 is 2.46 bits per heavy atom. The van der Waals surface area contributed by atoms with Crippen LogP contribution in [0.2, 0.25) is 5.02 Å². The van der Waals surface area contributed by atoms with Crippen molar-refractivity contribution in [1.29, 1.82) is 0 Å². The highest BCUT2D eigenvalue weighted by Crippen LogP contribution is 2.55. The maximum atomic E-state index is 6.13. The third kappa shape index (κ3) is 1.19. The van der Waals surface area contributed by atoms with Gasteiger partial charge in [0.25, 0.3) is 0 Å². The Labute approximate surface area is 83.9 Å². The van der Waals surface area contributed by atoms with E-state index in [9.17, 15) is 0 Å². The summed E-state index contributed by atoms with van der Waals surface area (Å²) < 4.78 is 1.93. The summed E-state index contributed by atoms with van der Waals surface area (Å²) in [5.41, 5.74) is 1.55. The zero-order chi connectivity index (χ0) is 9.64. The Bertz CT molecular complexity index is 304. The van der Waals surface area contributed by atoms with E-state index >= 15 is 0 Å². The molecule has 72 valence electrons. The fraction of sp³-hybridized carbons (Fsp3) is 0.700. The highest BCUT2D eigenvalue weighted by Gasteiger charge is 2.50. The van der Waals surface area contributed by atoms with Crippen LogP contribution in [-0.4, -0.2) is 9.78 Å².